The van der Waals surface area contributed by atoms with Crippen LogP contribution < -0.4 is 102 Å². The molecule has 0 spiro atoms. The topological polar surface area (TPSA) is 385 Å². The van der Waals surface area contributed by atoms with Gasteiger partial charge >= 0.3 is 0 Å². The molecule has 0 atom stereocenters. The summed E-state index contributed by atoms with van der Waals surface area (Å²) in [5.41, 5.74) is 5.40. The van der Waals surface area contributed by atoms with E-state index in [4.69, 9.17) is 80.3 Å². The Hall–Kier alpha value is -11.5. The highest BCUT2D eigenvalue weighted by Gasteiger charge is 2.32. The van der Waals surface area contributed by atoms with Crippen molar-refractivity contribution >= 4 is 212 Å². The first kappa shape index (κ1) is 114. The molecule has 0 bridgehead atoms. The number of halogens is 4. The standard InChI is InChI=1S/C29H40ClN8O2P.C26H35ClN7O2P.C24H31ClN7O2P.C24H33ClN7O2P/c1-5-40-28-24(10-11-26(34-28)38-14-12-21(13-15-38)37-18-16-36(2)17-19-37)33-29-31-20-22(30)27(35-29)32-23-8-6-7-9-25(23)41(3,4)39;1-6-36-25-21(11-12-23(31-25)34-15-13-18(14-16-34)33(2)3)30-26-28-17-19(27)24(32-26)29-20-9-7-8-10-22(20)37(4,5)35;1-5-34-23-19(10-11-21(29-23)32-14-12-31(2)13-15-32)28-24-26-16-17(25)22(30-24)27-18-8-6-7-9-20(18)35(3,4)33;1-7-34-23-19(12-13-21(29-23)32(4)15-14-31(2)3)28-24-26-16-17(25)22(30-24)27-18-10-8-9-11-20(18)35(5,6)33/h6-11,20-21H,5,12-19H2,1-4H3,(H2,31,32,33,35);7-12,17-18H,6,13-16H2,1-5H3,(H2,28,29,30,32);6-11,16H,5,12-15H2,1-4H3,(H2,26,27,28,30);8-13,16H,7,14-15H2,1-6H3,(H2,26,27,28,30). The van der Waals surface area contributed by atoms with E-state index < -0.39 is 28.6 Å². The third kappa shape index (κ3) is 32.0. The smallest absolute Gasteiger partial charge is 0.239 e. The molecule has 45 heteroatoms. The normalized spacial score (nSPS) is 14.6. The summed E-state index contributed by atoms with van der Waals surface area (Å²) >= 11 is 25.6. The second kappa shape index (κ2) is 52.8. The zero-order valence-electron chi connectivity index (χ0n) is 87.8. The fraction of sp³-hybridized carbons (Fsp3) is 0.417. The molecule has 0 amide bonds. The number of para-hydroxylation sites is 4. The van der Waals surface area contributed by atoms with Gasteiger partial charge in [0.15, 0.2) is 23.3 Å². The first-order valence-electron chi connectivity index (χ1n) is 49.5. The number of rotatable bonds is 37. The Morgan fingerprint density at radius 1 is 0.324 bits per heavy atom. The first-order chi connectivity index (χ1) is 70.7. The summed E-state index contributed by atoms with van der Waals surface area (Å²) in [7, 11) is 4.63. The highest BCUT2D eigenvalue weighted by Crippen LogP contribution is 2.45. The van der Waals surface area contributed by atoms with Crippen molar-refractivity contribution in [1.82, 2.24) is 84.3 Å². The summed E-state index contributed by atoms with van der Waals surface area (Å²) in [5.74, 6) is 8.39. The lowest BCUT2D eigenvalue weighted by molar-refractivity contribution is 0.0981. The number of hydrogen-bond donors (Lipinski definition) is 8. The minimum Gasteiger partial charge on any atom is -0.476 e. The van der Waals surface area contributed by atoms with Crippen LogP contribution in [0.15, 0.2) is 170 Å². The molecule has 0 unspecified atom stereocenters. The third-order valence-corrected chi connectivity index (χ3v) is 32.2. The van der Waals surface area contributed by atoms with Gasteiger partial charge in [-0.3, -0.25) is 4.90 Å². The SMILES string of the molecule is CCOc1nc(N(C)CCN(C)C)ccc1Nc1ncc(Cl)c(Nc2ccccc2P(C)(C)=O)n1.CCOc1nc(N2CCC(N(C)C)CC2)ccc1Nc1ncc(Cl)c(Nc2ccccc2P(C)(C)=O)n1.CCOc1nc(N2CCC(N3CCN(C)CC3)CC2)ccc1Nc1ncc(Cl)c(Nc2ccccc2P(C)(C)=O)n1.CCOc1nc(N2CCN(C)CC2)ccc1Nc1ncc(Cl)c(Nc2ccccc2P(C)(C)=O)n1. The van der Waals surface area contributed by atoms with Crippen molar-refractivity contribution in [2.75, 3.05) is 283 Å². The van der Waals surface area contributed by atoms with Crippen LogP contribution in [0.3, 0.4) is 0 Å². The summed E-state index contributed by atoms with van der Waals surface area (Å²) in [6.07, 6.45) is 10.6. The van der Waals surface area contributed by atoms with Gasteiger partial charge in [-0.05, 0) is 246 Å². The number of nitrogens with zero attached hydrogens (tertiary/aromatic N) is 21. The minimum absolute atomic E-state index is 0.321. The zero-order chi connectivity index (χ0) is 106. The van der Waals surface area contributed by atoms with Crippen molar-refractivity contribution in [3.63, 3.8) is 0 Å². The van der Waals surface area contributed by atoms with Crippen LogP contribution in [0.25, 0.3) is 0 Å². The molecule has 8 N–H and O–H groups in total. The Morgan fingerprint density at radius 2 is 0.601 bits per heavy atom. The van der Waals surface area contributed by atoms with E-state index in [1.54, 1.807) is 53.3 Å². The maximum absolute atomic E-state index is 12.8. The van der Waals surface area contributed by atoms with Gasteiger partial charge in [-0.25, -0.2) is 19.9 Å². The molecule has 0 aliphatic carbocycles. The van der Waals surface area contributed by atoms with Gasteiger partial charge in [0.1, 0.15) is 94.7 Å². The van der Waals surface area contributed by atoms with Crippen LogP contribution in [-0.4, -0.2) is 317 Å². The van der Waals surface area contributed by atoms with E-state index >= 15 is 0 Å². The van der Waals surface area contributed by atoms with Crippen LogP contribution in [-0.2, 0) is 18.3 Å². The summed E-state index contributed by atoms with van der Waals surface area (Å²) in [5, 5.41) is 30.0. The molecule has 12 heterocycles. The summed E-state index contributed by atoms with van der Waals surface area (Å²) in [6, 6.07) is 46.7. The quantitative estimate of drug-likeness (QED) is 0.0168. The fourth-order valence-electron chi connectivity index (χ4n) is 16.8. The number of piperazine rings is 2. The number of piperidine rings is 2. The van der Waals surface area contributed by atoms with Crippen LogP contribution in [0.5, 0.6) is 23.5 Å². The van der Waals surface area contributed by atoms with Gasteiger partial charge in [0, 0.05) is 132 Å². The lowest BCUT2D eigenvalue weighted by Crippen LogP contribution is -2.52. The maximum Gasteiger partial charge on any atom is 0.239 e. The van der Waals surface area contributed by atoms with Gasteiger partial charge in [0.25, 0.3) is 0 Å². The van der Waals surface area contributed by atoms with Crippen LogP contribution in [0, 0.1) is 0 Å². The number of pyridine rings is 4. The van der Waals surface area contributed by atoms with Crippen molar-refractivity contribution < 1.29 is 37.2 Å². The summed E-state index contributed by atoms with van der Waals surface area (Å²) in [6.45, 7) is 37.5. The monoisotopic (exact) mass is 2170 g/mol. The van der Waals surface area contributed by atoms with Gasteiger partial charge in [-0.1, -0.05) is 94.9 Å². The van der Waals surface area contributed by atoms with Gasteiger partial charge in [0.05, 0.1) is 74.0 Å². The first-order valence-corrected chi connectivity index (χ1v) is 61.4. The maximum atomic E-state index is 12.8. The predicted molar refractivity (Wildman–Crippen MR) is 613 cm³/mol. The number of aromatic nitrogens is 12. The van der Waals surface area contributed by atoms with E-state index in [9.17, 15) is 18.3 Å². The van der Waals surface area contributed by atoms with E-state index in [0.717, 1.165) is 162 Å². The summed E-state index contributed by atoms with van der Waals surface area (Å²) < 4.78 is 74.4. The molecule has 148 heavy (non-hydrogen) atoms. The largest absolute Gasteiger partial charge is 0.476 e. The van der Waals surface area contributed by atoms with Gasteiger partial charge in [0.2, 0.25) is 47.3 Å². The average molecular weight is 2180 g/mol. The van der Waals surface area contributed by atoms with Crippen molar-refractivity contribution in [1.29, 1.82) is 0 Å². The molecule has 4 fully saturated rings. The fourth-order valence-corrected chi connectivity index (χ4v) is 22.0. The van der Waals surface area contributed by atoms with Crippen LogP contribution >= 0.6 is 75.0 Å². The van der Waals surface area contributed by atoms with Gasteiger partial charge in [-0.15, -0.1) is 0 Å². The second-order valence-electron chi connectivity index (χ2n) is 38.1. The molecule has 8 aromatic heterocycles. The molecule has 4 saturated heterocycles. The molecule has 792 valence electrons. The number of anilines is 20. The van der Waals surface area contributed by atoms with Crippen molar-refractivity contribution in [3.05, 3.63) is 190 Å². The molecule has 4 aliphatic rings. The Morgan fingerprint density at radius 3 is 0.892 bits per heavy atom. The second-order valence-corrected chi connectivity index (χ2v) is 52.5. The van der Waals surface area contributed by atoms with E-state index in [2.05, 4.69) is 160 Å². The molecule has 0 saturated carbocycles. The zero-order valence-corrected chi connectivity index (χ0v) is 94.4. The Labute approximate surface area is 889 Å². The van der Waals surface area contributed by atoms with Crippen LogP contribution in [0.1, 0.15) is 53.4 Å². The molecule has 0 radical (unpaired) electrons. The molecule has 37 nitrogen and oxygen atoms in total. The Bertz CT molecular complexity index is 6660. The molecular formula is C103H139Cl4N29O8P4. The van der Waals surface area contributed by atoms with Crippen molar-refractivity contribution in [2.24, 2.45) is 0 Å². The Balaban J connectivity index is 0.000000165. The number of ether oxygens (including phenoxy) is 4. The number of hydrogen-bond acceptors (Lipinski definition) is 37. The van der Waals surface area contributed by atoms with Crippen molar-refractivity contribution in [3.8, 4) is 23.5 Å². The molecule has 12 aromatic rings. The molecule has 4 aliphatic heterocycles. The van der Waals surface area contributed by atoms with E-state index in [1.165, 1.54) is 24.8 Å². The van der Waals surface area contributed by atoms with E-state index in [0.29, 0.717) is 175 Å². The molecule has 16 rings (SSSR count). The third-order valence-electron chi connectivity index (χ3n) is 24.9. The number of benzene rings is 4. The van der Waals surface area contributed by atoms with E-state index in [-0.39, 0.29) is 0 Å². The Kier molecular flexibility index (Phi) is 40.5. The van der Waals surface area contributed by atoms with E-state index in [1.807, 2.05) is 194 Å². The summed E-state index contributed by atoms with van der Waals surface area (Å²) in [4.78, 5) is 75.4. The number of likely N-dealkylation sites (N-methyl/N-ethyl adjacent to an activating group) is 4. The average Bonchev–Trinajstić information content (AvgIpc) is 0.814. The highest BCUT2D eigenvalue weighted by molar-refractivity contribution is 7.71. The van der Waals surface area contributed by atoms with Gasteiger partial charge in [-0.2, -0.15) is 39.9 Å². The highest BCUT2D eigenvalue weighted by atomic mass is 35.5. The van der Waals surface area contributed by atoms with Crippen molar-refractivity contribution in [2.45, 2.75) is 65.5 Å². The van der Waals surface area contributed by atoms with Crippen LogP contribution in [0.4, 0.5) is 116 Å². The molecule has 4 aromatic carbocycles. The molecular weight excluding hydrogens is 2040 g/mol. The van der Waals surface area contributed by atoms with Gasteiger partial charge < -0.3 is 119 Å². The lowest BCUT2D eigenvalue weighted by atomic mass is 10.0. The minimum atomic E-state index is -2.52. The predicted octanol–water partition coefficient (Wildman–Crippen LogP) is 19.1. The number of nitrogens with one attached hydrogen (secondary N) is 8. The van der Waals surface area contributed by atoms with Crippen LogP contribution in [0.2, 0.25) is 20.1 Å². The lowest BCUT2D eigenvalue weighted by Gasteiger charge is -2.42.